The number of carbonyl (C=O) groups excluding carboxylic acids is 2. The zero-order valence-corrected chi connectivity index (χ0v) is 19.1. The number of benzene rings is 3. The standard InChI is InChI=1S/C24H18Cl2N2O2S/c1-14-8-9-15(2)20(10-14)27-21-22(31-19-6-4-3-5-7-19)24(30)28(23(21)29)18-12-16(25)11-17(26)13-18/h3-13,27H,1-2H3. The van der Waals surface area contributed by atoms with Crippen LogP contribution in [0.5, 0.6) is 0 Å². The number of carbonyl (C=O) groups is 2. The van der Waals surface area contributed by atoms with Gasteiger partial charge in [0.05, 0.1) is 5.69 Å². The van der Waals surface area contributed by atoms with Crippen LogP contribution in [-0.2, 0) is 9.59 Å². The van der Waals surface area contributed by atoms with Crippen molar-refractivity contribution >= 4 is 58.2 Å². The number of anilines is 2. The number of halogens is 2. The lowest BCUT2D eigenvalue weighted by atomic mass is 10.1. The van der Waals surface area contributed by atoms with E-state index in [0.717, 1.165) is 26.6 Å². The van der Waals surface area contributed by atoms with E-state index in [1.54, 1.807) is 18.2 Å². The van der Waals surface area contributed by atoms with Crippen molar-refractivity contribution in [2.24, 2.45) is 0 Å². The highest BCUT2D eigenvalue weighted by atomic mass is 35.5. The van der Waals surface area contributed by atoms with E-state index in [4.69, 9.17) is 23.2 Å². The smallest absolute Gasteiger partial charge is 0.283 e. The number of aryl methyl sites for hydroxylation is 2. The SMILES string of the molecule is Cc1ccc(C)c(NC2=C(Sc3ccccc3)C(=O)N(c3cc(Cl)cc(Cl)c3)C2=O)c1. The normalized spacial score (nSPS) is 13.9. The summed E-state index contributed by atoms with van der Waals surface area (Å²) in [7, 11) is 0. The summed E-state index contributed by atoms with van der Waals surface area (Å²) < 4.78 is 0. The minimum Gasteiger partial charge on any atom is -0.350 e. The summed E-state index contributed by atoms with van der Waals surface area (Å²) in [5.41, 5.74) is 3.33. The first kappa shape index (κ1) is 21.5. The van der Waals surface area contributed by atoms with Crippen LogP contribution in [0.3, 0.4) is 0 Å². The lowest BCUT2D eigenvalue weighted by Gasteiger charge is -2.16. The topological polar surface area (TPSA) is 49.4 Å². The first-order valence-electron chi connectivity index (χ1n) is 9.50. The molecule has 156 valence electrons. The van der Waals surface area contributed by atoms with E-state index >= 15 is 0 Å². The molecule has 4 nitrogen and oxygen atoms in total. The first-order chi connectivity index (χ1) is 14.8. The minimum atomic E-state index is -0.456. The van der Waals surface area contributed by atoms with Crippen molar-refractivity contribution in [2.45, 2.75) is 18.7 Å². The van der Waals surface area contributed by atoms with Gasteiger partial charge in [0.25, 0.3) is 11.8 Å². The Bertz CT molecular complexity index is 1210. The third kappa shape index (κ3) is 4.49. The lowest BCUT2D eigenvalue weighted by Crippen LogP contribution is -2.32. The fourth-order valence-electron chi connectivity index (χ4n) is 3.23. The van der Waals surface area contributed by atoms with Gasteiger partial charge in [-0.3, -0.25) is 9.59 Å². The molecule has 1 heterocycles. The molecule has 0 unspecified atom stereocenters. The van der Waals surface area contributed by atoms with Gasteiger partial charge in [-0.1, -0.05) is 65.3 Å². The summed E-state index contributed by atoms with van der Waals surface area (Å²) in [5, 5.41) is 3.90. The van der Waals surface area contributed by atoms with Crippen molar-refractivity contribution in [2.75, 3.05) is 10.2 Å². The van der Waals surface area contributed by atoms with E-state index in [9.17, 15) is 9.59 Å². The third-order valence-corrected chi connectivity index (χ3v) is 6.29. The lowest BCUT2D eigenvalue weighted by molar-refractivity contribution is -0.120. The van der Waals surface area contributed by atoms with Crippen molar-refractivity contribution in [3.8, 4) is 0 Å². The Kier molecular flexibility index (Phi) is 6.10. The number of hydrogen-bond acceptors (Lipinski definition) is 4. The molecule has 7 heteroatoms. The summed E-state index contributed by atoms with van der Waals surface area (Å²) >= 11 is 13.5. The Labute approximate surface area is 194 Å². The van der Waals surface area contributed by atoms with Gasteiger partial charge in [0.2, 0.25) is 0 Å². The Morgan fingerprint density at radius 2 is 1.52 bits per heavy atom. The maximum atomic E-state index is 13.4. The molecule has 1 aliphatic rings. The van der Waals surface area contributed by atoms with Gasteiger partial charge in [-0.15, -0.1) is 0 Å². The van der Waals surface area contributed by atoms with Gasteiger partial charge in [0.15, 0.2) is 0 Å². The summed E-state index contributed by atoms with van der Waals surface area (Å²) in [4.78, 5) is 29.1. The van der Waals surface area contributed by atoms with Crippen LogP contribution in [0.4, 0.5) is 11.4 Å². The second-order valence-electron chi connectivity index (χ2n) is 7.14. The van der Waals surface area contributed by atoms with Gasteiger partial charge in [0.1, 0.15) is 10.6 Å². The van der Waals surface area contributed by atoms with Crippen LogP contribution in [0.1, 0.15) is 11.1 Å². The molecule has 0 spiro atoms. The van der Waals surface area contributed by atoms with Crippen molar-refractivity contribution in [3.05, 3.63) is 98.5 Å². The molecule has 1 N–H and O–H groups in total. The highest BCUT2D eigenvalue weighted by molar-refractivity contribution is 8.04. The fraction of sp³-hybridized carbons (Fsp3) is 0.0833. The average molecular weight is 469 g/mol. The van der Waals surface area contributed by atoms with Crippen LogP contribution in [-0.4, -0.2) is 11.8 Å². The van der Waals surface area contributed by atoms with Crippen LogP contribution in [0, 0.1) is 13.8 Å². The van der Waals surface area contributed by atoms with E-state index in [2.05, 4.69) is 5.32 Å². The van der Waals surface area contributed by atoms with Crippen LogP contribution in [0.15, 0.2) is 82.2 Å². The number of rotatable bonds is 5. The number of thioether (sulfide) groups is 1. The molecule has 0 saturated carbocycles. The number of nitrogens with one attached hydrogen (secondary N) is 1. The Morgan fingerprint density at radius 1 is 0.839 bits per heavy atom. The Hall–Kier alpha value is -2.73. The predicted molar refractivity (Wildman–Crippen MR) is 128 cm³/mol. The van der Waals surface area contributed by atoms with E-state index in [0.29, 0.717) is 20.6 Å². The molecule has 0 bridgehead atoms. The molecule has 3 aromatic carbocycles. The average Bonchev–Trinajstić information content (AvgIpc) is 2.94. The van der Waals surface area contributed by atoms with Crippen molar-refractivity contribution < 1.29 is 9.59 Å². The molecule has 4 rings (SSSR count). The van der Waals surface area contributed by atoms with Crippen molar-refractivity contribution in [3.63, 3.8) is 0 Å². The molecule has 3 aromatic rings. The fourth-order valence-corrected chi connectivity index (χ4v) is 4.69. The molecule has 31 heavy (non-hydrogen) atoms. The van der Waals surface area contributed by atoms with Gasteiger partial charge in [-0.2, -0.15) is 0 Å². The van der Waals surface area contributed by atoms with Gasteiger partial charge >= 0.3 is 0 Å². The maximum absolute atomic E-state index is 13.4. The second-order valence-corrected chi connectivity index (χ2v) is 9.09. The van der Waals surface area contributed by atoms with E-state index in [1.807, 2.05) is 62.4 Å². The number of amides is 2. The van der Waals surface area contributed by atoms with E-state index < -0.39 is 11.8 Å². The Morgan fingerprint density at radius 3 is 2.19 bits per heavy atom. The van der Waals surface area contributed by atoms with E-state index in [-0.39, 0.29) is 5.70 Å². The largest absolute Gasteiger partial charge is 0.350 e. The van der Waals surface area contributed by atoms with Gasteiger partial charge < -0.3 is 5.32 Å². The summed E-state index contributed by atoms with van der Waals surface area (Å²) in [6.45, 7) is 3.92. The quantitative estimate of drug-likeness (QED) is 0.428. The number of hydrogen-bond donors (Lipinski definition) is 1. The monoisotopic (exact) mass is 468 g/mol. The van der Waals surface area contributed by atoms with Gasteiger partial charge in [0, 0.05) is 20.6 Å². The molecule has 0 atom stereocenters. The van der Waals surface area contributed by atoms with Crippen LogP contribution >= 0.6 is 35.0 Å². The summed E-state index contributed by atoms with van der Waals surface area (Å²) in [6, 6.07) is 20.0. The zero-order chi connectivity index (χ0) is 22.1. The molecular formula is C24H18Cl2N2O2S. The maximum Gasteiger partial charge on any atom is 0.283 e. The van der Waals surface area contributed by atoms with Crippen LogP contribution in [0.25, 0.3) is 0 Å². The third-order valence-electron chi connectivity index (χ3n) is 4.76. The molecule has 0 aliphatic carbocycles. The molecule has 2 amide bonds. The zero-order valence-electron chi connectivity index (χ0n) is 16.8. The molecule has 0 saturated heterocycles. The van der Waals surface area contributed by atoms with Crippen molar-refractivity contribution in [1.29, 1.82) is 0 Å². The molecule has 1 aliphatic heterocycles. The van der Waals surface area contributed by atoms with E-state index in [1.165, 1.54) is 11.8 Å². The number of imide groups is 1. The van der Waals surface area contributed by atoms with Gasteiger partial charge in [-0.25, -0.2) is 4.90 Å². The van der Waals surface area contributed by atoms with Gasteiger partial charge in [-0.05, 0) is 61.4 Å². The summed E-state index contributed by atoms with van der Waals surface area (Å²) in [6.07, 6.45) is 0. The van der Waals surface area contributed by atoms with Crippen LogP contribution < -0.4 is 10.2 Å². The molecule has 0 fully saturated rings. The minimum absolute atomic E-state index is 0.226. The molecule has 0 aromatic heterocycles. The second kappa shape index (κ2) is 8.79. The van der Waals surface area contributed by atoms with Crippen molar-refractivity contribution in [1.82, 2.24) is 0 Å². The number of nitrogens with zero attached hydrogens (tertiary/aromatic N) is 1. The highest BCUT2D eigenvalue weighted by Gasteiger charge is 2.40. The molecular weight excluding hydrogens is 451 g/mol. The molecule has 0 radical (unpaired) electrons. The highest BCUT2D eigenvalue weighted by Crippen LogP contribution is 2.39. The first-order valence-corrected chi connectivity index (χ1v) is 11.1. The summed E-state index contributed by atoms with van der Waals surface area (Å²) in [5.74, 6) is -0.882. The Balaban J connectivity index is 1.79. The van der Waals surface area contributed by atoms with Crippen LogP contribution in [0.2, 0.25) is 10.0 Å². The predicted octanol–water partition coefficient (Wildman–Crippen LogP) is 6.60.